The molecule has 1 fully saturated rings. The molecule has 0 aliphatic carbocycles. The van der Waals surface area contributed by atoms with E-state index in [2.05, 4.69) is 57.3 Å². The smallest absolute Gasteiger partial charge is 0.0208 e. The summed E-state index contributed by atoms with van der Waals surface area (Å²) in [7, 11) is 0. The molecule has 0 bridgehead atoms. The first-order valence-corrected chi connectivity index (χ1v) is 8.27. The van der Waals surface area contributed by atoms with E-state index in [1.807, 2.05) is 0 Å². The standard InChI is InChI=1S/C16H25BrN2/c1-2-3-9-19-10-7-16(8-11-19)18-13-14-5-4-6-15(17)12-14/h4-6,12,16,18H,2-3,7-11,13H2,1H3. The van der Waals surface area contributed by atoms with Gasteiger partial charge in [0.25, 0.3) is 0 Å². The van der Waals surface area contributed by atoms with E-state index in [0.29, 0.717) is 6.04 Å². The number of hydrogen-bond acceptors (Lipinski definition) is 2. The normalized spacial score (nSPS) is 17.8. The average Bonchev–Trinajstić information content (AvgIpc) is 2.44. The fourth-order valence-corrected chi connectivity index (χ4v) is 3.10. The highest BCUT2D eigenvalue weighted by Crippen LogP contribution is 2.14. The van der Waals surface area contributed by atoms with Gasteiger partial charge in [-0.05, 0) is 56.6 Å². The Morgan fingerprint density at radius 3 is 2.79 bits per heavy atom. The van der Waals surface area contributed by atoms with Crippen LogP contribution >= 0.6 is 15.9 Å². The second kappa shape index (κ2) is 8.03. The van der Waals surface area contributed by atoms with Crippen LogP contribution in [0.15, 0.2) is 28.7 Å². The third-order valence-corrected chi connectivity index (χ3v) is 4.39. The minimum absolute atomic E-state index is 0.692. The van der Waals surface area contributed by atoms with Gasteiger partial charge in [0.15, 0.2) is 0 Å². The van der Waals surface area contributed by atoms with Crippen LogP contribution < -0.4 is 5.32 Å². The molecule has 0 radical (unpaired) electrons. The van der Waals surface area contributed by atoms with Gasteiger partial charge >= 0.3 is 0 Å². The highest BCUT2D eigenvalue weighted by atomic mass is 79.9. The van der Waals surface area contributed by atoms with Gasteiger partial charge in [0.05, 0.1) is 0 Å². The zero-order valence-electron chi connectivity index (χ0n) is 11.9. The zero-order chi connectivity index (χ0) is 13.5. The molecule has 1 aromatic rings. The molecule has 1 aromatic carbocycles. The predicted molar refractivity (Wildman–Crippen MR) is 85.4 cm³/mol. The molecule has 0 aromatic heterocycles. The Morgan fingerprint density at radius 1 is 1.32 bits per heavy atom. The minimum atomic E-state index is 0.692. The summed E-state index contributed by atoms with van der Waals surface area (Å²) in [4.78, 5) is 2.61. The van der Waals surface area contributed by atoms with Crippen LogP contribution in [0.3, 0.4) is 0 Å². The molecule has 1 N–H and O–H groups in total. The molecule has 1 heterocycles. The molecule has 0 saturated carbocycles. The molecule has 106 valence electrons. The Bertz CT molecular complexity index is 373. The van der Waals surface area contributed by atoms with E-state index in [9.17, 15) is 0 Å². The SMILES string of the molecule is CCCCN1CCC(NCc2cccc(Br)c2)CC1. The highest BCUT2D eigenvalue weighted by molar-refractivity contribution is 9.10. The summed E-state index contributed by atoms with van der Waals surface area (Å²) >= 11 is 3.53. The third-order valence-electron chi connectivity index (χ3n) is 3.90. The summed E-state index contributed by atoms with van der Waals surface area (Å²) < 4.78 is 1.17. The lowest BCUT2D eigenvalue weighted by molar-refractivity contribution is 0.195. The highest BCUT2D eigenvalue weighted by Gasteiger charge is 2.17. The topological polar surface area (TPSA) is 15.3 Å². The first kappa shape index (κ1) is 15.0. The zero-order valence-corrected chi connectivity index (χ0v) is 13.5. The number of piperidine rings is 1. The molecule has 0 atom stereocenters. The van der Waals surface area contributed by atoms with E-state index < -0.39 is 0 Å². The molecule has 2 nitrogen and oxygen atoms in total. The van der Waals surface area contributed by atoms with E-state index in [0.717, 1.165) is 6.54 Å². The lowest BCUT2D eigenvalue weighted by Gasteiger charge is -2.32. The van der Waals surface area contributed by atoms with Crippen LogP contribution in [0.1, 0.15) is 38.2 Å². The maximum atomic E-state index is 3.69. The number of unbranched alkanes of at least 4 members (excludes halogenated alkanes) is 1. The van der Waals surface area contributed by atoms with Crippen molar-refractivity contribution in [3.8, 4) is 0 Å². The monoisotopic (exact) mass is 324 g/mol. The summed E-state index contributed by atoms with van der Waals surface area (Å²) in [5.41, 5.74) is 1.36. The molecule has 0 spiro atoms. The number of rotatable bonds is 6. The summed E-state index contributed by atoms with van der Waals surface area (Å²) in [6, 6.07) is 9.26. The summed E-state index contributed by atoms with van der Waals surface area (Å²) in [6.45, 7) is 7.06. The molecule has 2 rings (SSSR count). The number of halogens is 1. The summed E-state index contributed by atoms with van der Waals surface area (Å²) in [6.07, 6.45) is 5.23. The van der Waals surface area contributed by atoms with Crippen molar-refractivity contribution in [2.75, 3.05) is 19.6 Å². The van der Waals surface area contributed by atoms with Crippen molar-refractivity contribution >= 4 is 15.9 Å². The Balaban J connectivity index is 1.68. The summed E-state index contributed by atoms with van der Waals surface area (Å²) in [5, 5.41) is 3.69. The molecule has 1 saturated heterocycles. The first-order chi connectivity index (χ1) is 9.28. The van der Waals surface area contributed by atoms with Gasteiger partial charge in [-0.15, -0.1) is 0 Å². The van der Waals surface area contributed by atoms with Crippen molar-refractivity contribution in [2.45, 2.75) is 45.2 Å². The van der Waals surface area contributed by atoms with Crippen LogP contribution in [0, 0.1) is 0 Å². The van der Waals surface area contributed by atoms with Crippen molar-refractivity contribution in [3.63, 3.8) is 0 Å². The van der Waals surface area contributed by atoms with Gasteiger partial charge in [-0.25, -0.2) is 0 Å². The number of nitrogens with one attached hydrogen (secondary N) is 1. The maximum absolute atomic E-state index is 3.69. The molecule has 1 aliphatic rings. The first-order valence-electron chi connectivity index (χ1n) is 7.48. The van der Waals surface area contributed by atoms with Gasteiger partial charge in [0.2, 0.25) is 0 Å². The quantitative estimate of drug-likeness (QED) is 0.856. The predicted octanol–water partition coefficient (Wildman–Crippen LogP) is 3.80. The van der Waals surface area contributed by atoms with E-state index in [1.54, 1.807) is 0 Å². The largest absolute Gasteiger partial charge is 0.310 e. The Hall–Kier alpha value is -0.380. The second-order valence-electron chi connectivity index (χ2n) is 5.48. The van der Waals surface area contributed by atoms with E-state index in [-0.39, 0.29) is 0 Å². The van der Waals surface area contributed by atoms with E-state index in [1.165, 1.54) is 55.4 Å². The Morgan fingerprint density at radius 2 is 2.11 bits per heavy atom. The van der Waals surface area contributed by atoms with Gasteiger partial charge in [-0.3, -0.25) is 0 Å². The van der Waals surface area contributed by atoms with Gasteiger partial charge in [0, 0.05) is 17.1 Å². The van der Waals surface area contributed by atoms with Crippen molar-refractivity contribution in [2.24, 2.45) is 0 Å². The van der Waals surface area contributed by atoms with Crippen LogP contribution in [0.2, 0.25) is 0 Å². The lowest BCUT2D eigenvalue weighted by Crippen LogP contribution is -2.42. The van der Waals surface area contributed by atoms with Crippen LogP contribution in [-0.2, 0) is 6.54 Å². The maximum Gasteiger partial charge on any atom is 0.0208 e. The van der Waals surface area contributed by atoms with E-state index >= 15 is 0 Å². The fraction of sp³-hybridized carbons (Fsp3) is 0.625. The molecular formula is C16H25BrN2. The van der Waals surface area contributed by atoms with Crippen molar-refractivity contribution in [3.05, 3.63) is 34.3 Å². The number of likely N-dealkylation sites (tertiary alicyclic amines) is 1. The van der Waals surface area contributed by atoms with Gasteiger partial charge in [-0.2, -0.15) is 0 Å². The summed E-state index contributed by atoms with van der Waals surface area (Å²) in [5.74, 6) is 0. The van der Waals surface area contributed by atoms with Crippen LogP contribution in [0.25, 0.3) is 0 Å². The Kier molecular flexibility index (Phi) is 6.35. The van der Waals surface area contributed by atoms with Crippen molar-refractivity contribution in [1.29, 1.82) is 0 Å². The second-order valence-corrected chi connectivity index (χ2v) is 6.40. The molecule has 3 heteroatoms. The average molecular weight is 325 g/mol. The van der Waals surface area contributed by atoms with E-state index in [4.69, 9.17) is 0 Å². The van der Waals surface area contributed by atoms with Crippen LogP contribution in [0.4, 0.5) is 0 Å². The van der Waals surface area contributed by atoms with Crippen LogP contribution in [0.5, 0.6) is 0 Å². The van der Waals surface area contributed by atoms with Gasteiger partial charge in [0.1, 0.15) is 0 Å². The molecule has 0 unspecified atom stereocenters. The van der Waals surface area contributed by atoms with Crippen molar-refractivity contribution in [1.82, 2.24) is 10.2 Å². The molecule has 0 amide bonds. The van der Waals surface area contributed by atoms with Gasteiger partial charge < -0.3 is 10.2 Å². The number of hydrogen-bond donors (Lipinski definition) is 1. The molecule has 19 heavy (non-hydrogen) atoms. The lowest BCUT2D eigenvalue weighted by atomic mass is 10.0. The number of nitrogens with zero attached hydrogens (tertiary/aromatic N) is 1. The Labute approximate surface area is 125 Å². The van der Waals surface area contributed by atoms with Crippen molar-refractivity contribution < 1.29 is 0 Å². The molecular weight excluding hydrogens is 300 g/mol. The molecule has 1 aliphatic heterocycles. The van der Waals surface area contributed by atoms with Crippen LogP contribution in [-0.4, -0.2) is 30.6 Å². The number of benzene rings is 1. The fourth-order valence-electron chi connectivity index (χ4n) is 2.65. The minimum Gasteiger partial charge on any atom is -0.310 e. The third kappa shape index (κ3) is 5.25. The van der Waals surface area contributed by atoms with Gasteiger partial charge in [-0.1, -0.05) is 41.4 Å².